The zero-order valence-corrected chi connectivity index (χ0v) is 16.0. The van der Waals surface area contributed by atoms with Crippen molar-refractivity contribution >= 4 is 16.6 Å². The van der Waals surface area contributed by atoms with E-state index in [0.29, 0.717) is 17.0 Å². The summed E-state index contributed by atoms with van der Waals surface area (Å²) in [5.41, 5.74) is 6.19. The molecule has 0 atom stereocenters. The molecule has 0 fully saturated rings. The Morgan fingerprint density at radius 3 is 2.57 bits per heavy atom. The molecule has 0 radical (unpaired) electrons. The van der Waals surface area contributed by atoms with Gasteiger partial charge in [0.15, 0.2) is 11.5 Å². The molecule has 8 heteroatoms. The lowest BCUT2D eigenvalue weighted by Crippen LogP contribution is -1.90. The van der Waals surface area contributed by atoms with Crippen LogP contribution < -0.4 is 0 Å². The number of imidazole rings is 1. The molecule has 0 unspecified atom stereocenters. The third-order valence-corrected chi connectivity index (χ3v) is 4.79. The molecule has 30 heavy (non-hydrogen) atoms. The van der Waals surface area contributed by atoms with Crippen molar-refractivity contribution in [3.05, 3.63) is 84.5 Å². The minimum atomic E-state index is -0.273. The number of hydrogen-bond donors (Lipinski definition) is 2. The van der Waals surface area contributed by atoms with E-state index in [1.165, 1.54) is 18.5 Å². The summed E-state index contributed by atoms with van der Waals surface area (Å²) < 4.78 is 13.3. The zero-order chi connectivity index (χ0) is 20.5. The van der Waals surface area contributed by atoms with Crippen LogP contribution >= 0.6 is 0 Å². The summed E-state index contributed by atoms with van der Waals surface area (Å²) >= 11 is 0. The Balaban J connectivity index is 1.55. The summed E-state index contributed by atoms with van der Waals surface area (Å²) in [7, 11) is 0. The minimum Gasteiger partial charge on any atom is -0.343 e. The largest absolute Gasteiger partial charge is 0.343 e. The van der Waals surface area contributed by atoms with Gasteiger partial charge in [-0.1, -0.05) is 18.2 Å². The molecule has 0 bridgehead atoms. The average Bonchev–Trinajstić information content (AvgIpc) is 3.43. The van der Waals surface area contributed by atoms with Gasteiger partial charge in [-0.2, -0.15) is 5.10 Å². The number of benzene rings is 1. The number of fused-ring (bicyclic) bond motifs is 1. The second-order valence-corrected chi connectivity index (χ2v) is 6.64. The molecular formula is C22H16FN7. The monoisotopic (exact) mass is 397 g/mol. The predicted molar refractivity (Wildman–Crippen MR) is 112 cm³/mol. The molecule has 0 aliphatic heterocycles. The lowest BCUT2D eigenvalue weighted by molar-refractivity contribution is 0.627. The Hall–Kier alpha value is -4.20. The number of halogens is 1. The van der Waals surface area contributed by atoms with Crippen molar-refractivity contribution in [3.63, 3.8) is 0 Å². The van der Waals surface area contributed by atoms with Gasteiger partial charge in [0.05, 0.1) is 16.9 Å². The first-order valence-corrected chi connectivity index (χ1v) is 9.32. The molecule has 0 aliphatic rings. The van der Waals surface area contributed by atoms with Gasteiger partial charge in [0, 0.05) is 29.7 Å². The molecule has 146 valence electrons. The highest BCUT2D eigenvalue weighted by molar-refractivity contribution is 5.89. The number of allylic oxidation sites excluding steroid dienone is 1. The van der Waals surface area contributed by atoms with Gasteiger partial charge in [-0.25, -0.2) is 24.3 Å². The van der Waals surface area contributed by atoms with Crippen molar-refractivity contribution in [2.24, 2.45) is 0 Å². The van der Waals surface area contributed by atoms with Crippen LogP contribution in [0.1, 0.15) is 18.2 Å². The molecular weight excluding hydrogens is 381 g/mol. The maximum absolute atomic E-state index is 13.3. The van der Waals surface area contributed by atoms with Crippen molar-refractivity contribution in [2.45, 2.75) is 6.92 Å². The third kappa shape index (κ3) is 3.14. The number of aromatic nitrogens is 7. The first-order valence-electron chi connectivity index (χ1n) is 9.32. The molecule has 5 aromatic rings. The van der Waals surface area contributed by atoms with Gasteiger partial charge in [0.25, 0.3) is 0 Å². The number of H-pyrrole nitrogens is 2. The van der Waals surface area contributed by atoms with Gasteiger partial charge in [0.1, 0.15) is 17.7 Å². The van der Waals surface area contributed by atoms with E-state index in [4.69, 9.17) is 9.97 Å². The van der Waals surface area contributed by atoms with E-state index in [1.54, 1.807) is 24.5 Å². The molecule has 2 N–H and O–H groups in total. The second kappa shape index (κ2) is 7.32. The van der Waals surface area contributed by atoms with Crippen LogP contribution in [0, 0.1) is 5.82 Å². The Labute approximate surface area is 170 Å². The van der Waals surface area contributed by atoms with Crippen molar-refractivity contribution in [1.29, 1.82) is 0 Å². The van der Waals surface area contributed by atoms with Crippen LogP contribution in [0.2, 0.25) is 0 Å². The number of hydrogen-bond acceptors (Lipinski definition) is 5. The third-order valence-electron chi connectivity index (χ3n) is 4.79. The molecule has 0 spiro atoms. The van der Waals surface area contributed by atoms with E-state index in [9.17, 15) is 4.39 Å². The smallest absolute Gasteiger partial charge is 0.160 e. The molecule has 5 rings (SSSR count). The fourth-order valence-electron chi connectivity index (χ4n) is 3.33. The second-order valence-electron chi connectivity index (χ2n) is 6.64. The van der Waals surface area contributed by atoms with Crippen LogP contribution in [-0.2, 0) is 0 Å². The highest BCUT2D eigenvalue weighted by atomic mass is 19.1. The Morgan fingerprint density at radius 1 is 1.00 bits per heavy atom. The van der Waals surface area contributed by atoms with E-state index in [2.05, 4.69) is 25.1 Å². The summed E-state index contributed by atoms with van der Waals surface area (Å²) in [6.07, 6.45) is 8.67. The fourth-order valence-corrected chi connectivity index (χ4v) is 3.33. The fraction of sp³-hybridized carbons (Fsp3) is 0.0455. The number of nitrogens with zero attached hydrogens (tertiary/aromatic N) is 5. The Kier molecular flexibility index (Phi) is 4.36. The highest BCUT2D eigenvalue weighted by Gasteiger charge is 2.16. The van der Waals surface area contributed by atoms with Crippen LogP contribution in [0.15, 0.2) is 67.4 Å². The van der Waals surface area contributed by atoms with Gasteiger partial charge >= 0.3 is 0 Å². The summed E-state index contributed by atoms with van der Waals surface area (Å²) in [5.74, 6) is 0.317. The summed E-state index contributed by atoms with van der Waals surface area (Å²) in [4.78, 5) is 20.7. The quantitative estimate of drug-likeness (QED) is 0.469. The van der Waals surface area contributed by atoms with Crippen LogP contribution in [-0.4, -0.2) is 35.1 Å². The maximum Gasteiger partial charge on any atom is 0.160 e. The van der Waals surface area contributed by atoms with Crippen molar-refractivity contribution in [1.82, 2.24) is 35.1 Å². The summed E-state index contributed by atoms with van der Waals surface area (Å²) in [6, 6.07) is 10.2. The number of pyridine rings is 1. The topological polar surface area (TPSA) is 96.0 Å². The first-order chi connectivity index (χ1) is 14.7. The number of aromatic amines is 2. The molecule has 0 aliphatic carbocycles. The van der Waals surface area contributed by atoms with Gasteiger partial charge < -0.3 is 4.98 Å². The normalized spacial score (nSPS) is 11.9. The van der Waals surface area contributed by atoms with Crippen molar-refractivity contribution in [2.75, 3.05) is 0 Å². The van der Waals surface area contributed by atoms with Crippen LogP contribution in [0.3, 0.4) is 0 Å². The van der Waals surface area contributed by atoms with Gasteiger partial charge in [-0.3, -0.25) is 5.10 Å². The standard InChI is InChI=1S/C22H16FN7/c1-2-16(13-3-5-15(23)6-4-13)19-11-26-22(28-19)21-20-18(29-30-21)8-7-17(27-20)14-9-24-12-25-10-14/h2-12H,1H3,(H,26,28)(H,29,30)/b16-2-. The van der Waals surface area contributed by atoms with Crippen molar-refractivity contribution < 1.29 is 4.39 Å². The van der Waals surface area contributed by atoms with E-state index in [0.717, 1.165) is 33.6 Å². The van der Waals surface area contributed by atoms with Gasteiger partial charge in [0.2, 0.25) is 0 Å². The molecule has 4 aromatic heterocycles. The molecule has 4 heterocycles. The molecule has 7 nitrogen and oxygen atoms in total. The average molecular weight is 397 g/mol. The van der Waals surface area contributed by atoms with Crippen LogP contribution in [0.25, 0.3) is 39.4 Å². The molecule has 1 aromatic carbocycles. The maximum atomic E-state index is 13.3. The van der Waals surface area contributed by atoms with Gasteiger partial charge in [-0.05, 0) is 36.8 Å². The van der Waals surface area contributed by atoms with E-state index in [1.807, 2.05) is 31.3 Å². The zero-order valence-electron chi connectivity index (χ0n) is 16.0. The minimum absolute atomic E-state index is 0.273. The van der Waals surface area contributed by atoms with Gasteiger partial charge in [-0.15, -0.1) is 0 Å². The number of nitrogens with one attached hydrogen (secondary N) is 2. The Bertz CT molecular complexity index is 1350. The van der Waals surface area contributed by atoms with E-state index < -0.39 is 0 Å². The Morgan fingerprint density at radius 2 is 1.80 bits per heavy atom. The van der Waals surface area contributed by atoms with E-state index in [-0.39, 0.29) is 5.82 Å². The first kappa shape index (κ1) is 17.9. The summed E-state index contributed by atoms with van der Waals surface area (Å²) in [6.45, 7) is 1.92. The molecule has 0 saturated carbocycles. The number of rotatable bonds is 4. The highest BCUT2D eigenvalue weighted by Crippen LogP contribution is 2.28. The lowest BCUT2D eigenvalue weighted by Gasteiger charge is -2.03. The van der Waals surface area contributed by atoms with E-state index >= 15 is 0 Å². The molecule has 0 amide bonds. The predicted octanol–water partition coefficient (Wildman–Crippen LogP) is 4.40. The lowest BCUT2D eigenvalue weighted by atomic mass is 10.0. The van der Waals surface area contributed by atoms with Crippen LogP contribution in [0.4, 0.5) is 4.39 Å². The van der Waals surface area contributed by atoms with Crippen molar-refractivity contribution in [3.8, 4) is 22.8 Å². The van der Waals surface area contributed by atoms with Crippen LogP contribution in [0.5, 0.6) is 0 Å². The SMILES string of the molecule is C/C=C(/c1ccc(F)cc1)c1c[nH]c(-c2n[nH]c3ccc(-c4cncnc4)nc23)n1. The summed E-state index contributed by atoms with van der Waals surface area (Å²) in [5, 5.41) is 7.40. The molecule has 0 saturated heterocycles.